The molecular weight excluding hydrogens is 216 g/mol. The first-order valence-corrected chi connectivity index (χ1v) is 7.07. The number of aromatic nitrogens is 1. The van der Waals surface area contributed by atoms with Crippen molar-refractivity contribution in [3.8, 4) is 0 Å². The molecule has 0 atom stereocenters. The third kappa shape index (κ3) is 2.40. The van der Waals surface area contributed by atoms with Crippen molar-refractivity contribution in [2.75, 3.05) is 5.73 Å². The van der Waals surface area contributed by atoms with Gasteiger partial charge < -0.3 is 5.73 Å². The first-order chi connectivity index (χ1) is 7.48. The molecule has 0 saturated heterocycles. The second-order valence-corrected chi connectivity index (χ2v) is 6.88. The molecular formula is C13H22N2S. The lowest BCUT2D eigenvalue weighted by molar-refractivity contribution is 0.436. The highest BCUT2D eigenvalue weighted by atomic mass is 32.1. The second-order valence-electron chi connectivity index (χ2n) is 5.85. The van der Waals surface area contributed by atoms with Crippen LogP contribution < -0.4 is 5.73 Å². The summed E-state index contributed by atoms with van der Waals surface area (Å²) in [5, 5.41) is 2.14. The lowest BCUT2D eigenvalue weighted by Crippen LogP contribution is -2.12. The van der Waals surface area contributed by atoms with Crippen LogP contribution in [0.5, 0.6) is 0 Å². The SMILES string of the molecule is CC(C)(C)c1nc(C2CCCCC2)c(N)s1. The number of hydrogen-bond donors (Lipinski definition) is 1. The Morgan fingerprint density at radius 1 is 1.19 bits per heavy atom. The van der Waals surface area contributed by atoms with E-state index in [9.17, 15) is 0 Å². The Morgan fingerprint density at radius 3 is 2.31 bits per heavy atom. The van der Waals surface area contributed by atoms with Crippen LogP contribution in [0.2, 0.25) is 0 Å². The minimum atomic E-state index is 0.131. The van der Waals surface area contributed by atoms with Crippen molar-refractivity contribution in [3.05, 3.63) is 10.7 Å². The predicted octanol–water partition coefficient (Wildman–Crippen LogP) is 4.07. The van der Waals surface area contributed by atoms with E-state index in [-0.39, 0.29) is 5.41 Å². The van der Waals surface area contributed by atoms with Crippen LogP contribution in [0.4, 0.5) is 5.00 Å². The third-order valence-corrected chi connectivity index (χ3v) is 4.64. The maximum atomic E-state index is 6.12. The Morgan fingerprint density at radius 2 is 1.81 bits per heavy atom. The van der Waals surface area contributed by atoms with Crippen LogP contribution in [-0.4, -0.2) is 4.98 Å². The Hall–Kier alpha value is -0.570. The van der Waals surface area contributed by atoms with Gasteiger partial charge in [-0.15, -0.1) is 11.3 Å². The first kappa shape index (κ1) is 11.9. The van der Waals surface area contributed by atoms with Gasteiger partial charge in [-0.25, -0.2) is 4.98 Å². The van der Waals surface area contributed by atoms with Crippen LogP contribution in [-0.2, 0) is 5.41 Å². The zero-order valence-corrected chi connectivity index (χ0v) is 11.4. The van der Waals surface area contributed by atoms with Gasteiger partial charge in [-0.3, -0.25) is 0 Å². The monoisotopic (exact) mass is 238 g/mol. The fourth-order valence-corrected chi connectivity index (χ4v) is 3.31. The summed E-state index contributed by atoms with van der Waals surface area (Å²) in [7, 11) is 0. The molecule has 1 aliphatic rings. The molecule has 2 rings (SSSR count). The van der Waals surface area contributed by atoms with E-state index < -0.39 is 0 Å². The Bertz CT molecular complexity index is 356. The van der Waals surface area contributed by atoms with Crippen LogP contribution >= 0.6 is 11.3 Å². The molecule has 1 aromatic heterocycles. The number of nitrogens with two attached hydrogens (primary N) is 1. The van der Waals surface area contributed by atoms with Gasteiger partial charge in [0.1, 0.15) is 10.0 Å². The maximum Gasteiger partial charge on any atom is 0.110 e. The molecule has 0 amide bonds. The van der Waals surface area contributed by atoms with Crippen LogP contribution in [0.3, 0.4) is 0 Å². The van der Waals surface area contributed by atoms with Gasteiger partial charge in [0.05, 0.1) is 5.69 Å². The van der Waals surface area contributed by atoms with E-state index in [2.05, 4.69) is 20.8 Å². The van der Waals surface area contributed by atoms with Gasteiger partial charge in [0.15, 0.2) is 0 Å². The molecule has 0 spiro atoms. The van der Waals surface area contributed by atoms with E-state index in [1.807, 2.05) is 0 Å². The summed E-state index contributed by atoms with van der Waals surface area (Å²) < 4.78 is 0. The highest BCUT2D eigenvalue weighted by molar-refractivity contribution is 7.15. The highest BCUT2D eigenvalue weighted by Crippen LogP contribution is 2.39. The summed E-state index contributed by atoms with van der Waals surface area (Å²) in [6.45, 7) is 6.61. The van der Waals surface area contributed by atoms with Gasteiger partial charge >= 0.3 is 0 Å². The van der Waals surface area contributed by atoms with Crippen LogP contribution in [0.1, 0.15) is 69.5 Å². The number of hydrogen-bond acceptors (Lipinski definition) is 3. The van der Waals surface area contributed by atoms with Crippen molar-refractivity contribution in [2.45, 2.75) is 64.2 Å². The number of anilines is 1. The topological polar surface area (TPSA) is 38.9 Å². The van der Waals surface area contributed by atoms with Gasteiger partial charge in [0.25, 0.3) is 0 Å². The first-order valence-electron chi connectivity index (χ1n) is 6.25. The molecule has 1 fully saturated rings. The van der Waals surface area contributed by atoms with Crippen LogP contribution in [0, 0.1) is 0 Å². The molecule has 1 aliphatic carbocycles. The van der Waals surface area contributed by atoms with E-state index in [0.29, 0.717) is 5.92 Å². The molecule has 1 saturated carbocycles. The van der Waals surface area contributed by atoms with Gasteiger partial charge in [-0.2, -0.15) is 0 Å². The fraction of sp³-hybridized carbons (Fsp3) is 0.769. The average Bonchev–Trinajstić information content (AvgIpc) is 2.61. The number of rotatable bonds is 1. The third-order valence-electron chi connectivity index (χ3n) is 3.31. The molecule has 90 valence electrons. The van der Waals surface area contributed by atoms with Gasteiger partial charge in [0.2, 0.25) is 0 Å². The minimum absolute atomic E-state index is 0.131. The van der Waals surface area contributed by atoms with E-state index in [4.69, 9.17) is 10.7 Å². The standard InChI is InChI=1S/C13H22N2S/c1-13(2,3)12-15-10(11(14)16-12)9-7-5-4-6-8-9/h9H,4-8,14H2,1-3H3. The Kier molecular flexibility index (Phi) is 3.24. The fourth-order valence-electron chi connectivity index (χ4n) is 2.33. The zero-order valence-electron chi connectivity index (χ0n) is 10.5. The van der Waals surface area contributed by atoms with Crippen molar-refractivity contribution in [1.82, 2.24) is 4.98 Å². The largest absolute Gasteiger partial charge is 0.389 e. The molecule has 0 aliphatic heterocycles. The van der Waals surface area contributed by atoms with Gasteiger partial charge in [-0.05, 0) is 12.8 Å². The summed E-state index contributed by atoms with van der Waals surface area (Å²) >= 11 is 1.68. The Balaban J connectivity index is 2.24. The summed E-state index contributed by atoms with van der Waals surface area (Å²) in [6.07, 6.45) is 6.61. The van der Waals surface area contributed by atoms with E-state index in [0.717, 1.165) is 5.00 Å². The lowest BCUT2D eigenvalue weighted by atomic mass is 9.87. The molecule has 0 unspecified atom stereocenters. The average molecular weight is 238 g/mol. The van der Waals surface area contributed by atoms with Crippen molar-refractivity contribution in [3.63, 3.8) is 0 Å². The summed E-state index contributed by atoms with van der Waals surface area (Å²) in [4.78, 5) is 4.80. The molecule has 16 heavy (non-hydrogen) atoms. The van der Waals surface area contributed by atoms with Gasteiger partial charge in [-0.1, -0.05) is 40.0 Å². The molecule has 0 radical (unpaired) electrons. The molecule has 3 heteroatoms. The molecule has 2 N–H and O–H groups in total. The normalized spacial score (nSPS) is 18.9. The number of nitrogen functional groups attached to an aromatic ring is 1. The second kappa shape index (κ2) is 4.36. The van der Waals surface area contributed by atoms with E-state index in [1.165, 1.54) is 42.8 Å². The highest BCUT2D eigenvalue weighted by Gasteiger charge is 2.25. The van der Waals surface area contributed by atoms with Crippen LogP contribution in [0.15, 0.2) is 0 Å². The van der Waals surface area contributed by atoms with Crippen molar-refractivity contribution in [1.29, 1.82) is 0 Å². The summed E-state index contributed by atoms with van der Waals surface area (Å²) in [5.74, 6) is 0.626. The molecule has 0 aromatic carbocycles. The van der Waals surface area contributed by atoms with Crippen molar-refractivity contribution < 1.29 is 0 Å². The maximum absolute atomic E-state index is 6.12. The number of thiazole rings is 1. The van der Waals surface area contributed by atoms with Crippen LogP contribution in [0.25, 0.3) is 0 Å². The van der Waals surface area contributed by atoms with E-state index in [1.54, 1.807) is 11.3 Å². The van der Waals surface area contributed by atoms with Crippen molar-refractivity contribution >= 4 is 16.3 Å². The number of nitrogens with zero attached hydrogens (tertiary/aromatic N) is 1. The van der Waals surface area contributed by atoms with Gasteiger partial charge in [0, 0.05) is 11.3 Å². The molecule has 1 heterocycles. The molecule has 0 bridgehead atoms. The van der Waals surface area contributed by atoms with Crippen molar-refractivity contribution in [2.24, 2.45) is 0 Å². The minimum Gasteiger partial charge on any atom is -0.389 e. The zero-order chi connectivity index (χ0) is 11.8. The smallest absolute Gasteiger partial charge is 0.110 e. The molecule has 1 aromatic rings. The quantitative estimate of drug-likeness (QED) is 0.801. The van der Waals surface area contributed by atoms with E-state index >= 15 is 0 Å². The lowest BCUT2D eigenvalue weighted by Gasteiger charge is -2.20. The summed E-state index contributed by atoms with van der Waals surface area (Å²) in [5.41, 5.74) is 7.45. The molecule has 2 nitrogen and oxygen atoms in total. The summed E-state index contributed by atoms with van der Waals surface area (Å²) in [6, 6.07) is 0. The Labute approximate surface area is 102 Å². The predicted molar refractivity (Wildman–Crippen MR) is 71.1 cm³/mol.